The topological polar surface area (TPSA) is 113 Å². The molecule has 10 heteroatoms. The van der Waals surface area contributed by atoms with Gasteiger partial charge in [-0.1, -0.05) is 12.8 Å². The Kier molecular flexibility index (Phi) is 6.88. The van der Waals surface area contributed by atoms with Crippen LogP contribution in [0.2, 0.25) is 0 Å². The van der Waals surface area contributed by atoms with E-state index in [2.05, 4.69) is 20.2 Å². The zero-order valence-corrected chi connectivity index (χ0v) is 22.7. The highest BCUT2D eigenvalue weighted by atomic mass is 16.2. The molecular formula is C29H35N7O3. The molecule has 2 saturated heterocycles. The summed E-state index contributed by atoms with van der Waals surface area (Å²) in [4.78, 5) is 56.9. The lowest BCUT2D eigenvalue weighted by Gasteiger charge is -2.23. The van der Waals surface area contributed by atoms with Gasteiger partial charge in [0.1, 0.15) is 11.5 Å². The van der Waals surface area contributed by atoms with Gasteiger partial charge in [0.25, 0.3) is 11.5 Å². The lowest BCUT2D eigenvalue weighted by atomic mass is 10.0. The average Bonchev–Trinajstić information content (AvgIpc) is 3.72. The first-order chi connectivity index (χ1) is 18.9. The van der Waals surface area contributed by atoms with E-state index in [1.165, 1.54) is 19.8 Å². The molecule has 39 heavy (non-hydrogen) atoms. The van der Waals surface area contributed by atoms with Crippen LogP contribution in [0.4, 0.5) is 11.8 Å². The summed E-state index contributed by atoms with van der Waals surface area (Å²) in [6.45, 7) is 7.04. The number of fused-ring (bicyclic) bond motifs is 1. The number of nitrogens with zero attached hydrogens (tertiary/aromatic N) is 6. The smallest absolute Gasteiger partial charge is 0.263 e. The van der Waals surface area contributed by atoms with Crippen molar-refractivity contribution < 1.29 is 9.59 Å². The number of likely N-dealkylation sites (tertiary alicyclic amines) is 2. The molecular weight excluding hydrogens is 494 g/mol. The molecule has 1 amide bonds. The summed E-state index contributed by atoms with van der Waals surface area (Å²) < 4.78 is 1.69. The van der Waals surface area contributed by atoms with Crippen LogP contribution in [0, 0.1) is 6.92 Å². The zero-order valence-electron chi connectivity index (χ0n) is 22.7. The first kappa shape index (κ1) is 25.6. The van der Waals surface area contributed by atoms with Crippen LogP contribution in [0.5, 0.6) is 0 Å². The van der Waals surface area contributed by atoms with Crippen molar-refractivity contribution in [2.75, 3.05) is 31.5 Å². The van der Waals surface area contributed by atoms with Crippen molar-refractivity contribution in [2.45, 2.75) is 70.9 Å². The molecule has 3 aromatic heterocycles. The minimum Gasteiger partial charge on any atom is -0.337 e. The van der Waals surface area contributed by atoms with Gasteiger partial charge in [0.2, 0.25) is 5.95 Å². The van der Waals surface area contributed by atoms with Gasteiger partial charge in [-0.15, -0.1) is 0 Å². The highest BCUT2D eigenvalue weighted by Gasteiger charge is 2.32. The fraction of sp³-hybridized carbons (Fsp3) is 0.517. The van der Waals surface area contributed by atoms with Crippen molar-refractivity contribution in [3.8, 4) is 0 Å². The molecule has 1 aliphatic carbocycles. The number of hydrogen-bond acceptors (Lipinski definition) is 8. The Labute approximate surface area is 227 Å². The molecule has 1 atom stereocenters. The van der Waals surface area contributed by atoms with E-state index in [1.54, 1.807) is 36.0 Å². The van der Waals surface area contributed by atoms with Crippen molar-refractivity contribution in [3.63, 3.8) is 0 Å². The number of aromatic nitrogens is 4. The molecule has 3 aromatic rings. The van der Waals surface area contributed by atoms with Crippen molar-refractivity contribution >= 4 is 34.5 Å². The molecule has 1 saturated carbocycles. The van der Waals surface area contributed by atoms with E-state index >= 15 is 0 Å². The molecule has 6 rings (SSSR count). The maximum Gasteiger partial charge on any atom is 0.263 e. The molecule has 0 bridgehead atoms. The highest BCUT2D eigenvalue weighted by molar-refractivity contribution is 5.99. The minimum atomic E-state index is -0.279. The SMILES string of the molecule is CC(=O)c1c(C)c2cnc(Nc3ccc(C(=O)N4CCC(N5CCCC5)C4)cn3)nc2n(C2CCCC2)c1=O. The molecule has 3 aliphatic rings. The number of anilines is 2. The van der Waals surface area contributed by atoms with Gasteiger partial charge in [0.05, 0.1) is 11.1 Å². The largest absolute Gasteiger partial charge is 0.337 e. The van der Waals surface area contributed by atoms with Crippen molar-refractivity contribution in [2.24, 2.45) is 0 Å². The van der Waals surface area contributed by atoms with Gasteiger partial charge < -0.3 is 10.2 Å². The molecule has 3 fully saturated rings. The Morgan fingerprint density at radius 3 is 2.41 bits per heavy atom. The lowest BCUT2D eigenvalue weighted by Crippen LogP contribution is -2.37. The first-order valence-corrected chi connectivity index (χ1v) is 14.1. The van der Waals surface area contributed by atoms with Gasteiger partial charge in [-0.25, -0.2) is 9.97 Å². The van der Waals surface area contributed by atoms with Gasteiger partial charge >= 0.3 is 0 Å². The van der Waals surface area contributed by atoms with Crippen LogP contribution in [0.25, 0.3) is 11.0 Å². The second kappa shape index (κ2) is 10.5. The Balaban J connectivity index is 1.23. The summed E-state index contributed by atoms with van der Waals surface area (Å²) in [5.74, 6) is 0.583. The first-order valence-electron chi connectivity index (χ1n) is 14.1. The second-order valence-electron chi connectivity index (χ2n) is 11.1. The van der Waals surface area contributed by atoms with Gasteiger partial charge in [0, 0.05) is 43.0 Å². The van der Waals surface area contributed by atoms with Crippen molar-refractivity contribution in [1.82, 2.24) is 29.3 Å². The van der Waals surface area contributed by atoms with E-state index in [1.807, 2.05) is 4.90 Å². The van der Waals surface area contributed by atoms with Crippen LogP contribution in [0.3, 0.4) is 0 Å². The number of Topliss-reactive ketones (excluding diaryl/α,β-unsaturated/α-hetero) is 1. The molecule has 1 unspecified atom stereocenters. The van der Waals surface area contributed by atoms with E-state index in [0.717, 1.165) is 58.3 Å². The zero-order chi connectivity index (χ0) is 27.1. The summed E-state index contributed by atoms with van der Waals surface area (Å²) in [5, 5.41) is 3.82. The number of hydrogen-bond donors (Lipinski definition) is 1. The lowest BCUT2D eigenvalue weighted by molar-refractivity contribution is 0.0779. The molecule has 0 spiro atoms. The summed E-state index contributed by atoms with van der Waals surface area (Å²) in [7, 11) is 0. The molecule has 0 aromatic carbocycles. The summed E-state index contributed by atoms with van der Waals surface area (Å²) in [5.41, 5.74) is 1.63. The van der Waals surface area contributed by atoms with Crippen LogP contribution in [-0.2, 0) is 0 Å². The third kappa shape index (κ3) is 4.82. The van der Waals surface area contributed by atoms with Crippen LogP contribution in [0.15, 0.2) is 29.3 Å². The minimum absolute atomic E-state index is 0.00929. The van der Waals surface area contributed by atoms with E-state index < -0.39 is 0 Å². The number of carbonyl (C=O) groups is 2. The Morgan fingerprint density at radius 1 is 0.949 bits per heavy atom. The summed E-state index contributed by atoms with van der Waals surface area (Å²) >= 11 is 0. The third-order valence-corrected chi connectivity index (χ3v) is 8.61. The normalized spacial score (nSPS) is 20.3. The summed E-state index contributed by atoms with van der Waals surface area (Å²) in [6.07, 6.45) is 10.6. The average molecular weight is 530 g/mol. The number of rotatable bonds is 6. The van der Waals surface area contributed by atoms with Crippen molar-refractivity contribution in [1.29, 1.82) is 0 Å². The van der Waals surface area contributed by atoms with Gasteiger partial charge in [-0.05, 0) is 76.7 Å². The number of amides is 1. The Bertz CT molecular complexity index is 1470. The van der Waals surface area contributed by atoms with Crippen LogP contribution < -0.4 is 10.9 Å². The number of nitrogens with one attached hydrogen (secondary N) is 1. The Morgan fingerprint density at radius 2 is 1.72 bits per heavy atom. The van der Waals surface area contributed by atoms with Crippen LogP contribution in [-0.4, -0.2) is 73.2 Å². The molecule has 0 radical (unpaired) electrons. The predicted octanol–water partition coefficient (Wildman–Crippen LogP) is 3.87. The summed E-state index contributed by atoms with van der Waals surface area (Å²) in [6, 6.07) is 4.01. The van der Waals surface area contributed by atoms with Crippen LogP contribution in [0.1, 0.15) is 84.2 Å². The van der Waals surface area contributed by atoms with E-state index in [-0.39, 0.29) is 28.9 Å². The van der Waals surface area contributed by atoms with Crippen molar-refractivity contribution in [3.05, 3.63) is 51.6 Å². The maximum atomic E-state index is 13.4. The molecule has 10 nitrogen and oxygen atoms in total. The fourth-order valence-electron chi connectivity index (χ4n) is 6.53. The fourth-order valence-corrected chi connectivity index (χ4v) is 6.53. The Hall–Kier alpha value is -3.66. The van der Waals surface area contributed by atoms with E-state index in [9.17, 15) is 14.4 Å². The number of aryl methyl sites for hydroxylation is 1. The maximum absolute atomic E-state index is 13.4. The van der Waals surface area contributed by atoms with Gasteiger partial charge in [0.15, 0.2) is 5.78 Å². The second-order valence-corrected chi connectivity index (χ2v) is 11.1. The molecule has 1 N–H and O–H groups in total. The van der Waals surface area contributed by atoms with Gasteiger partial charge in [-0.3, -0.25) is 23.9 Å². The predicted molar refractivity (Wildman–Crippen MR) is 149 cm³/mol. The number of ketones is 1. The van der Waals surface area contributed by atoms with E-state index in [0.29, 0.717) is 40.0 Å². The quantitative estimate of drug-likeness (QED) is 0.479. The molecule has 204 valence electrons. The third-order valence-electron chi connectivity index (χ3n) is 8.61. The number of carbonyl (C=O) groups excluding carboxylic acids is 2. The monoisotopic (exact) mass is 529 g/mol. The molecule has 2 aliphatic heterocycles. The van der Waals surface area contributed by atoms with E-state index in [4.69, 9.17) is 4.98 Å². The van der Waals surface area contributed by atoms with Crippen LogP contribution >= 0.6 is 0 Å². The number of pyridine rings is 2. The highest BCUT2D eigenvalue weighted by Crippen LogP contribution is 2.32. The van der Waals surface area contributed by atoms with Gasteiger partial charge in [-0.2, -0.15) is 4.98 Å². The standard InChI is InChI=1S/C29H35N7O3/c1-18-23-16-31-29(33-26(23)36(21-7-3-4-8-21)28(39)25(18)19(2)37)32-24-10-9-20(15-30-24)27(38)35-14-11-22(17-35)34-12-5-6-13-34/h9-10,15-16,21-22H,3-8,11-14,17H2,1-2H3,(H,30,31,32,33). The molecule has 5 heterocycles.